The number of hydrogen-bond acceptors (Lipinski definition) is 7. The molecule has 20 heavy (non-hydrogen) atoms. The number of fused-ring (bicyclic) bond motifs is 1. The summed E-state index contributed by atoms with van der Waals surface area (Å²) in [6.07, 6.45) is 1.31. The van der Waals surface area contributed by atoms with E-state index in [4.69, 9.17) is 14.2 Å². The van der Waals surface area contributed by atoms with Crippen LogP contribution in [0.3, 0.4) is 0 Å². The van der Waals surface area contributed by atoms with E-state index in [0.29, 0.717) is 49.4 Å². The van der Waals surface area contributed by atoms with Crippen LogP contribution in [-0.4, -0.2) is 30.5 Å². The fourth-order valence-electron chi connectivity index (χ4n) is 2.02. The predicted octanol–water partition coefficient (Wildman–Crippen LogP) is 1.14. The monoisotopic (exact) mass is 277 g/mol. The number of rotatable bonds is 5. The smallest absolute Gasteiger partial charge is 0.213 e. The largest absolute Gasteiger partial charge is 0.493 e. The average molecular weight is 277 g/mol. The molecule has 3 rings (SSSR count). The topological polar surface area (TPSA) is 78.6 Å². The van der Waals surface area contributed by atoms with Crippen LogP contribution in [0.1, 0.15) is 11.4 Å². The van der Waals surface area contributed by atoms with Gasteiger partial charge in [0.15, 0.2) is 17.3 Å². The zero-order chi connectivity index (χ0) is 13.8. The third-order valence-electron chi connectivity index (χ3n) is 2.91. The molecule has 1 N–H and O–H groups in total. The van der Waals surface area contributed by atoms with Gasteiger partial charge in [-0.3, -0.25) is 0 Å². The van der Waals surface area contributed by atoms with E-state index >= 15 is 0 Å². The first-order chi connectivity index (χ1) is 9.86. The van der Waals surface area contributed by atoms with Gasteiger partial charge in [-0.15, -0.1) is 0 Å². The lowest BCUT2D eigenvalue weighted by atomic mass is 10.1. The van der Waals surface area contributed by atoms with Crippen molar-refractivity contribution in [1.82, 2.24) is 15.5 Å². The highest BCUT2D eigenvalue weighted by Crippen LogP contribution is 2.40. The molecule has 0 saturated heterocycles. The van der Waals surface area contributed by atoms with E-state index in [1.165, 1.54) is 6.39 Å². The van der Waals surface area contributed by atoms with Crippen molar-refractivity contribution in [3.05, 3.63) is 29.9 Å². The number of hydrogen-bond donors (Lipinski definition) is 1. The van der Waals surface area contributed by atoms with Crippen LogP contribution in [0.5, 0.6) is 17.2 Å². The van der Waals surface area contributed by atoms with Crippen molar-refractivity contribution in [3.8, 4) is 17.2 Å². The van der Waals surface area contributed by atoms with Crippen molar-refractivity contribution in [2.24, 2.45) is 0 Å². The van der Waals surface area contributed by atoms with E-state index < -0.39 is 0 Å². The lowest BCUT2D eigenvalue weighted by Gasteiger charge is -2.21. The van der Waals surface area contributed by atoms with Crippen LogP contribution in [0.15, 0.2) is 23.0 Å². The Morgan fingerprint density at radius 2 is 2.15 bits per heavy atom. The summed E-state index contributed by atoms with van der Waals surface area (Å²) >= 11 is 0. The summed E-state index contributed by atoms with van der Waals surface area (Å²) in [6, 6.07) is 3.87. The molecule has 1 aromatic carbocycles. The molecule has 1 aliphatic rings. The van der Waals surface area contributed by atoms with Crippen molar-refractivity contribution in [3.63, 3.8) is 0 Å². The molecule has 0 amide bonds. The molecule has 0 fully saturated rings. The van der Waals surface area contributed by atoms with Crippen LogP contribution in [0, 0.1) is 0 Å². The maximum Gasteiger partial charge on any atom is 0.213 e. The third kappa shape index (κ3) is 2.67. The van der Waals surface area contributed by atoms with Gasteiger partial charge in [0.25, 0.3) is 0 Å². The zero-order valence-corrected chi connectivity index (χ0v) is 11.1. The number of benzene rings is 1. The number of methoxy groups -OCH3 is 1. The van der Waals surface area contributed by atoms with Crippen molar-refractivity contribution in [1.29, 1.82) is 0 Å². The highest BCUT2D eigenvalue weighted by molar-refractivity contribution is 5.54. The molecule has 0 spiro atoms. The summed E-state index contributed by atoms with van der Waals surface area (Å²) in [5, 5.41) is 6.96. The Hall–Kier alpha value is -2.28. The van der Waals surface area contributed by atoms with Crippen molar-refractivity contribution < 1.29 is 18.7 Å². The minimum Gasteiger partial charge on any atom is -0.493 e. The third-order valence-corrected chi connectivity index (χ3v) is 2.91. The molecule has 106 valence electrons. The Labute approximate surface area is 115 Å². The quantitative estimate of drug-likeness (QED) is 0.877. The van der Waals surface area contributed by atoms with E-state index in [1.807, 2.05) is 12.1 Å². The summed E-state index contributed by atoms with van der Waals surface area (Å²) in [6.45, 7) is 2.27. The summed E-state index contributed by atoms with van der Waals surface area (Å²) < 4.78 is 21.2. The molecule has 0 unspecified atom stereocenters. The second-order valence-corrected chi connectivity index (χ2v) is 4.27. The van der Waals surface area contributed by atoms with E-state index in [-0.39, 0.29) is 0 Å². The summed E-state index contributed by atoms with van der Waals surface area (Å²) in [5.41, 5.74) is 1.04. The second kappa shape index (κ2) is 5.79. The number of ether oxygens (including phenoxy) is 3. The first kappa shape index (κ1) is 12.7. The maximum absolute atomic E-state index is 5.59. The molecule has 0 atom stereocenters. The molecule has 2 aromatic rings. The molecule has 1 aliphatic heterocycles. The lowest BCUT2D eigenvalue weighted by Crippen LogP contribution is -2.17. The van der Waals surface area contributed by atoms with Crippen LogP contribution < -0.4 is 19.5 Å². The van der Waals surface area contributed by atoms with E-state index in [9.17, 15) is 0 Å². The molecule has 0 bridgehead atoms. The fourth-order valence-corrected chi connectivity index (χ4v) is 2.02. The molecule has 7 heteroatoms. The summed E-state index contributed by atoms with van der Waals surface area (Å²) in [5.74, 6) is 2.68. The number of aromatic nitrogens is 2. The van der Waals surface area contributed by atoms with Gasteiger partial charge in [0.05, 0.1) is 13.7 Å². The van der Waals surface area contributed by atoms with Gasteiger partial charge in [-0.2, -0.15) is 4.98 Å². The van der Waals surface area contributed by atoms with Gasteiger partial charge in [-0.1, -0.05) is 5.16 Å². The fraction of sp³-hybridized carbons (Fsp3) is 0.385. The molecular weight excluding hydrogens is 262 g/mol. The SMILES string of the molecule is COc1cc(CNCc2ncon2)cc2c1OCCO2. The minimum absolute atomic E-state index is 0.535. The predicted molar refractivity (Wildman–Crippen MR) is 68.8 cm³/mol. The standard InChI is InChI=1S/C13H15N3O4/c1-17-10-4-9(5-11-13(10)19-3-2-18-11)6-14-7-12-15-8-20-16-12/h4-5,8,14H,2-3,6-7H2,1H3. The molecule has 0 radical (unpaired) electrons. The van der Waals surface area contributed by atoms with Crippen LogP contribution in [0.25, 0.3) is 0 Å². The van der Waals surface area contributed by atoms with Crippen LogP contribution in [-0.2, 0) is 13.1 Å². The van der Waals surface area contributed by atoms with Gasteiger partial charge < -0.3 is 24.1 Å². The van der Waals surface area contributed by atoms with Crippen molar-refractivity contribution in [2.75, 3.05) is 20.3 Å². The van der Waals surface area contributed by atoms with Crippen LogP contribution in [0.4, 0.5) is 0 Å². The van der Waals surface area contributed by atoms with Crippen LogP contribution >= 0.6 is 0 Å². The van der Waals surface area contributed by atoms with Crippen molar-refractivity contribution in [2.45, 2.75) is 13.1 Å². The Morgan fingerprint density at radius 3 is 2.95 bits per heavy atom. The van der Waals surface area contributed by atoms with Gasteiger partial charge in [0.2, 0.25) is 12.1 Å². The molecular formula is C13H15N3O4. The maximum atomic E-state index is 5.59. The molecule has 0 aliphatic carbocycles. The highest BCUT2D eigenvalue weighted by atomic mass is 16.6. The minimum atomic E-state index is 0.535. The van der Waals surface area contributed by atoms with Gasteiger partial charge in [0.1, 0.15) is 13.2 Å². The van der Waals surface area contributed by atoms with Crippen LogP contribution in [0.2, 0.25) is 0 Å². The van der Waals surface area contributed by atoms with E-state index in [0.717, 1.165) is 5.56 Å². The number of nitrogens with one attached hydrogen (secondary N) is 1. The average Bonchev–Trinajstić information content (AvgIpc) is 2.99. The van der Waals surface area contributed by atoms with Gasteiger partial charge in [-0.05, 0) is 17.7 Å². The Kier molecular flexibility index (Phi) is 3.69. The summed E-state index contributed by atoms with van der Waals surface area (Å²) in [4.78, 5) is 3.94. The first-order valence-electron chi connectivity index (χ1n) is 6.29. The second-order valence-electron chi connectivity index (χ2n) is 4.27. The molecule has 1 aromatic heterocycles. The number of nitrogens with zero attached hydrogens (tertiary/aromatic N) is 2. The lowest BCUT2D eigenvalue weighted by molar-refractivity contribution is 0.165. The Morgan fingerprint density at radius 1 is 1.25 bits per heavy atom. The normalized spacial score (nSPS) is 13.2. The zero-order valence-electron chi connectivity index (χ0n) is 11.1. The van der Waals surface area contributed by atoms with E-state index in [1.54, 1.807) is 7.11 Å². The van der Waals surface area contributed by atoms with Gasteiger partial charge >= 0.3 is 0 Å². The first-order valence-corrected chi connectivity index (χ1v) is 6.29. The Balaban J connectivity index is 1.69. The van der Waals surface area contributed by atoms with E-state index in [2.05, 4.69) is 20.0 Å². The Bertz CT molecular complexity index is 554. The van der Waals surface area contributed by atoms with Gasteiger partial charge in [0, 0.05) is 6.54 Å². The molecule has 7 nitrogen and oxygen atoms in total. The summed E-state index contributed by atoms with van der Waals surface area (Å²) in [7, 11) is 1.62. The van der Waals surface area contributed by atoms with Crippen molar-refractivity contribution >= 4 is 0 Å². The molecule has 2 heterocycles. The highest BCUT2D eigenvalue weighted by Gasteiger charge is 2.18. The van der Waals surface area contributed by atoms with Gasteiger partial charge in [-0.25, -0.2) is 0 Å². The molecule has 0 saturated carbocycles.